The number of hydrogen-bond acceptors (Lipinski definition) is 6. The number of ether oxygens (including phenoxy) is 3. The van der Waals surface area contributed by atoms with Gasteiger partial charge < -0.3 is 14.2 Å². The standard InChI is InChI=1S/C73H132O6/c1-4-7-10-13-16-19-22-25-28-30-31-32-33-34-35-36-37-38-39-40-41-43-45-48-51-54-57-60-63-66-72(75)78-69-70(68-77-71(74)65-62-59-56-53-50-47-44-27-24-21-18-15-12-9-6-3)79-73(76)67-64-61-58-55-52-49-46-42-29-26-23-20-17-14-11-8-5-2/h9,12,18,21-22,25,27,30-31,44,70H,4-8,10-11,13-17,19-20,23-24,26,28-29,32-43,45-69H2,1-3H3/b12-9-,21-18-,25-22-,31-30-,44-27-. The lowest BCUT2D eigenvalue weighted by atomic mass is 10.0. The van der Waals surface area contributed by atoms with Gasteiger partial charge in [-0.2, -0.15) is 0 Å². The van der Waals surface area contributed by atoms with Gasteiger partial charge in [0.2, 0.25) is 0 Å². The van der Waals surface area contributed by atoms with Crippen molar-refractivity contribution < 1.29 is 28.6 Å². The highest BCUT2D eigenvalue weighted by molar-refractivity contribution is 5.71. The van der Waals surface area contributed by atoms with Gasteiger partial charge in [-0.1, -0.05) is 326 Å². The van der Waals surface area contributed by atoms with Gasteiger partial charge in [-0.05, 0) is 83.5 Å². The molecule has 0 aliphatic rings. The number of hydrogen-bond donors (Lipinski definition) is 0. The Morgan fingerprint density at radius 3 is 0.772 bits per heavy atom. The quantitative estimate of drug-likeness (QED) is 0.0261. The third-order valence-electron chi connectivity index (χ3n) is 15.5. The SMILES string of the molecule is CC/C=C\C/C=C\C/C=C\CCCCCCCC(=O)OCC(COC(=O)CCCCCCCCCCCCCCCCCCC/C=C\C/C=C\CCCCCCC)OC(=O)CCCCCCCCCCCCCCCCCCC. The van der Waals surface area contributed by atoms with Gasteiger partial charge in [0, 0.05) is 19.3 Å². The first-order chi connectivity index (χ1) is 39.0. The van der Waals surface area contributed by atoms with Crippen LogP contribution in [0.1, 0.15) is 367 Å². The van der Waals surface area contributed by atoms with Gasteiger partial charge in [0.25, 0.3) is 0 Å². The molecule has 79 heavy (non-hydrogen) atoms. The van der Waals surface area contributed by atoms with E-state index >= 15 is 0 Å². The number of carbonyl (C=O) groups is 3. The molecular formula is C73H132O6. The predicted octanol–water partition coefficient (Wildman–Crippen LogP) is 23.9. The fourth-order valence-corrected chi connectivity index (χ4v) is 10.3. The molecule has 0 saturated heterocycles. The Kier molecular flexibility index (Phi) is 65.1. The van der Waals surface area contributed by atoms with Crippen molar-refractivity contribution in [1.29, 1.82) is 0 Å². The zero-order valence-electron chi connectivity index (χ0n) is 52.9. The van der Waals surface area contributed by atoms with Crippen LogP contribution in [-0.2, 0) is 28.6 Å². The van der Waals surface area contributed by atoms with E-state index in [9.17, 15) is 14.4 Å². The fraction of sp³-hybridized carbons (Fsp3) is 0.822. The summed E-state index contributed by atoms with van der Waals surface area (Å²) < 4.78 is 17.0. The number of unbranched alkanes of at least 4 members (excludes halogenated alkanes) is 43. The summed E-state index contributed by atoms with van der Waals surface area (Å²) in [6, 6.07) is 0. The average molecular weight is 1110 g/mol. The van der Waals surface area contributed by atoms with Crippen LogP contribution in [0.15, 0.2) is 60.8 Å². The second kappa shape index (κ2) is 67.6. The van der Waals surface area contributed by atoms with Crippen LogP contribution in [0.4, 0.5) is 0 Å². The van der Waals surface area contributed by atoms with Gasteiger partial charge in [0.05, 0.1) is 0 Å². The molecule has 0 spiro atoms. The molecular weight excluding hydrogens is 973 g/mol. The minimum atomic E-state index is -0.780. The Hall–Kier alpha value is -2.89. The maximum absolute atomic E-state index is 12.9. The Balaban J connectivity index is 4.22. The molecule has 1 unspecified atom stereocenters. The Morgan fingerprint density at radius 2 is 0.494 bits per heavy atom. The minimum Gasteiger partial charge on any atom is -0.462 e. The molecule has 0 heterocycles. The number of carbonyl (C=O) groups excluding carboxylic acids is 3. The first kappa shape index (κ1) is 76.1. The molecule has 6 heteroatoms. The second-order valence-corrected chi connectivity index (χ2v) is 23.4. The highest BCUT2D eigenvalue weighted by Gasteiger charge is 2.19. The van der Waals surface area contributed by atoms with Crippen molar-refractivity contribution in [1.82, 2.24) is 0 Å². The third-order valence-corrected chi connectivity index (χ3v) is 15.5. The molecule has 0 bridgehead atoms. The third kappa shape index (κ3) is 65.8. The molecule has 0 aliphatic heterocycles. The molecule has 0 aliphatic carbocycles. The smallest absolute Gasteiger partial charge is 0.306 e. The Labute approximate surface area is 491 Å². The van der Waals surface area contributed by atoms with Gasteiger partial charge >= 0.3 is 17.9 Å². The van der Waals surface area contributed by atoms with Crippen LogP contribution in [0, 0.1) is 0 Å². The molecule has 0 aromatic carbocycles. The summed E-state index contributed by atoms with van der Waals surface area (Å²) in [5.41, 5.74) is 0. The van der Waals surface area contributed by atoms with E-state index in [1.807, 2.05) is 0 Å². The molecule has 0 amide bonds. The monoisotopic (exact) mass is 1110 g/mol. The van der Waals surface area contributed by atoms with E-state index in [1.165, 1.54) is 225 Å². The van der Waals surface area contributed by atoms with Crippen LogP contribution < -0.4 is 0 Å². The molecule has 0 fully saturated rings. The lowest BCUT2D eigenvalue weighted by Crippen LogP contribution is -2.30. The van der Waals surface area contributed by atoms with Crippen molar-refractivity contribution in [3.63, 3.8) is 0 Å². The normalized spacial score (nSPS) is 12.4. The fourth-order valence-electron chi connectivity index (χ4n) is 10.3. The summed E-state index contributed by atoms with van der Waals surface area (Å²) >= 11 is 0. The summed E-state index contributed by atoms with van der Waals surface area (Å²) in [6.07, 6.45) is 86.8. The van der Waals surface area contributed by atoms with Crippen LogP contribution >= 0.6 is 0 Å². The van der Waals surface area contributed by atoms with E-state index in [2.05, 4.69) is 81.5 Å². The Morgan fingerprint density at radius 1 is 0.266 bits per heavy atom. The van der Waals surface area contributed by atoms with Crippen LogP contribution in [0.5, 0.6) is 0 Å². The molecule has 0 radical (unpaired) electrons. The molecule has 0 N–H and O–H groups in total. The zero-order chi connectivity index (χ0) is 57.1. The van der Waals surface area contributed by atoms with Crippen molar-refractivity contribution in [3.05, 3.63) is 60.8 Å². The summed E-state index contributed by atoms with van der Waals surface area (Å²) in [5.74, 6) is -0.869. The largest absolute Gasteiger partial charge is 0.462 e. The van der Waals surface area contributed by atoms with Crippen LogP contribution in [0.25, 0.3) is 0 Å². The zero-order valence-corrected chi connectivity index (χ0v) is 52.9. The predicted molar refractivity (Wildman–Crippen MR) is 344 cm³/mol. The van der Waals surface area contributed by atoms with Crippen molar-refractivity contribution in [3.8, 4) is 0 Å². The molecule has 460 valence electrons. The summed E-state index contributed by atoms with van der Waals surface area (Å²) in [7, 11) is 0. The highest BCUT2D eigenvalue weighted by Crippen LogP contribution is 2.18. The minimum absolute atomic E-state index is 0.0752. The average Bonchev–Trinajstić information content (AvgIpc) is 3.45. The maximum Gasteiger partial charge on any atom is 0.306 e. The number of esters is 3. The number of allylic oxidation sites excluding steroid dienone is 10. The first-order valence-corrected chi connectivity index (χ1v) is 34.8. The van der Waals surface area contributed by atoms with Gasteiger partial charge in [0.15, 0.2) is 6.10 Å². The molecule has 0 rings (SSSR count). The topological polar surface area (TPSA) is 78.9 Å². The van der Waals surface area contributed by atoms with Crippen molar-refractivity contribution in [2.45, 2.75) is 374 Å². The van der Waals surface area contributed by atoms with Crippen molar-refractivity contribution >= 4 is 17.9 Å². The summed E-state index contributed by atoms with van der Waals surface area (Å²) in [5, 5.41) is 0. The van der Waals surface area contributed by atoms with Gasteiger partial charge in [-0.15, -0.1) is 0 Å². The lowest BCUT2D eigenvalue weighted by molar-refractivity contribution is -0.167. The molecule has 1 atom stereocenters. The van der Waals surface area contributed by atoms with E-state index in [0.29, 0.717) is 19.3 Å². The van der Waals surface area contributed by atoms with Crippen molar-refractivity contribution in [2.75, 3.05) is 13.2 Å². The highest BCUT2D eigenvalue weighted by atomic mass is 16.6. The van der Waals surface area contributed by atoms with Crippen molar-refractivity contribution in [2.24, 2.45) is 0 Å². The van der Waals surface area contributed by atoms with Crippen LogP contribution in [0.3, 0.4) is 0 Å². The van der Waals surface area contributed by atoms with E-state index in [0.717, 1.165) is 103 Å². The van der Waals surface area contributed by atoms with Gasteiger partial charge in [-0.25, -0.2) is 0 Å². The van der Waals surface area contributed by atoms with E-state index in [4.69, 9.17) is 14.2 Å². The maximum atomic E-state index is 12.9. The first-order valence-electron chi connectivity index (χ1n) is 34.8. The van der Waals surface area contributed by atoms with Gasteiger partial charge in [-0.3, -0.25) is 14.4 Å². The second-order valence-electron chi connectivity index (χ2n) is 23.4. The van der Waals surface area contributed by atoms with E-state index in [1.54, 1.807) is 0 Å². The molecule has 0 saturated carbocycles. The van der Waals surface area contributed by atoms with E-state index in [-0.39, 0.29) is 31.1 Å². The molecule has 6 nitrogen and oxygen atoms in total. The van der Waals surface area contributed by atoms with E-state index < -0.39 is 6.10 Å². The lowest BCUT2D eigenvalue weighted by Gasteiger charge is -2.18. The van der Waals surface area contributed by atoms with Crippen LogP contribution in [-0.4, -0.2) is 37.2 Å². The van der Waals surface area contributed by atoms with Crippen LogP contribution in [0.2, 0.25) is 0 Å². The molecule has 0 aromatic heterocycles. The molecule has 0 aromatic rings. The van der Waals surface area contributed by atoms with Gasteiger partial charge in [0.1, 0.15) is 13.2 Å². The summed E-state index contributed by atoms with van der Waals surface area (Å²) in [6.45, 7) is 6.56. The number of rotatable bonds is 64. The summed E-state index contributed by atoms with van der Waals surface area (Å²) in [4.78, 5) is 38.4. The Bertz CT molecular complexity index is 1410.